The van der Waals surface area contributed by atoms with Crippen molar-refractivity contribution in [1.82, 2.24) is 10.6 Å². The summed E-state index contributed by atoms with van der Waals surface area (Å²) >= 11 is 0. The Hall–Kier alpha value is -3.75. The molecule has 2 rings (SSSR count). The Morgan fingerprint density at radius 3 is 2.23 bits per heavy atom. The van der Waals surface area contributed by atoms with Gasteiger partial charge in [-0.15, -0.1) is 0 Å². The van der Waals surface area contributed by atoms with E-state index in [0.717, 1.165) is 6.07 Å². The van der Waals surface area contributed by atoms with E-state index in [-0.39, 0.29) is 5.56 Å². The van der Waals surface area contributed by atoms with Crippen molar-refractivity contribution in [3.05, 3.63) is 66.0 Å². The molecule has 0 saturated heterocycles. The van der Waals surface area contributed by atoms with Crippen molar-refractivity contribution in [3.63, 3.8) is 0 Å². The van der Waals surface area contributed by atoms with Crippen molar-refractivity contribution >= 4 is 29.5 Å². The molecular formula is C21H22FN3O5. The van der Waals surface area contributed by atoms with Crippen LogP contribution in [0.2, 0.25) is 0 Å². The number of amides is 4. The number of benzene rings is 2. The van der Waals surface area contributed by atoms with Crippen LogP contribution in [0.4, 0.5) is 14.9 Å². The lowest BCUT2D eigenvalue weighted by atomic mass is 10.0. The molecule has 1 atom stereocenters. The Morgan fingerprint density at radius 2 is 1.60 bits per heavy atom. The van der Waals surface area contributed by atoms with Crippen molar-refractivity contribution in [2.45, 2.75) is 19.9 Å². The van der Waals surface area contributed by atoms with Gasteiger partial charge in [-0.05, 0) is 30.2 Å². The monoisotopic (exact) mass is 415 g/mol. The molecule has 0 aliphatic carbocycles. The average Bonchev–Trinajstić information content (AvgIpc) is 2.70. The fourth-order valence-electron chi connectivity index (χ4n) is 2.44. The molecule has 0 spiro atoms. The van der Waals surface area contributed by atoms with E-state index < -0.39 is 48.2 Å². The number of imide groups is 1. The van der Waals surface area contributed by atoms with Gasteiger partial charge in [0, 0.05) is 5.69 Å². The van der Waals surface area contributed by atoms with E-state index in [1.54, 1.807) is 44.2 Å². The molecule has 0 aliphatic rings. The van der Waals surface area contributed by atoms with Gasteiger partial charge in [0.25, 0.3) is 11.8 Å². The van der Waals surface area contributed by atoms with Crippen LogP contribution in [0.1, 0.15) is 24.2 Å². The largest absolute Gasteiger partial charge is 0.454 e. The summed E-state index contributed by atoms with van der Waals surface area (Å²) in [6.45, 7) is 2.59. The van der Waals surface area contributed by atoms with Gasteiger partial charge in [-0.25, -0.2) is 14.0 Å². The van der Waals surface area contributed by atoms with Gasteiger partial charge in [0.05, 0.1) is 5.56 Å². The molecule has 0 heterocycles. The minimum Gasteiger partial charge on any atom is -0.454 e. The molecule has 0 radical (unpaired) electrons. The van der Waals surface area contributed by atoms with Crippen LogP contribution < -0.4 is 16.0 Å². The summed E-state index contributed by atoms with van der Waals surface area (Å²) in [5.41, 5.74) is 0.266. The lowest BCUT2D eigenvalue weighted by Crippen LogP contribution is -2.46. The first-order valence-corrected chi connectivity index (χ1v) is 9.16. The summed E-state index contributed by atoms with van der Waals surface area (Å²) in [7, 11) is 0. The van der Waals surface area contributed by atoms with E-state index in [4.69, 9.17) is 4.74 Å². The SMILES string of the molecule is CC(C)[C@H](NC(=O)c1ccccc1F)C(=O)OCC(=O)NC(=O)Nc1ccccc1. The van der Waals surface area contributed by atoms with Crippen LogP contribution in [0.5, 0.6) is 0 Å². The Labute approximate surface area is 172 Å². The highest BCUT2D eigenvalue weighted by Gasteiger charge is 2.27. The lowest BCUT2D eigenvalue weighted by Gasteiger charge is -2.20. The van der Waals surface area contributed by atoms with Crippen LogP contribution in [0.3, 0.4) is 0 Å². The molecule has 0 saturated carbocycles. The number of ether oxygens (including phenoxy) is 1. The second-order valence-corrected chi connectivity index (χ2v) is 6.65. The molecule has 8 nitrogen and oxygen atoms in total. The number of halogens is 1. The van der Waals surface area contributed by atoms with Crippen LogP contribution in [0.25, 0.3) is 0 Å². The number of para-hydroxylation sites is 1. The van der Waals surface area contributed by atoms with E-state index in [1.165, 1.54) is 18.2 Å². The number of esters is 1. The molecule has 2 aromatic rings. The minimum absolute atomic E-state index is 0.216. The van der Waals surface area contributed by atoms with Gasteiger partial charge in [0.2, 0.25) is 0 Å². The van der Waals surface area contributed by atoms with Crippen LogP contribution in [0.15, 0.2) is 54.6 Å². The first-order valence-electron chi connectivity index (χ1n) is 9.16. The van der Waals surface area contributed by atoms with E-state index in [1.807, 2.05) is 5.32 Å². The third kappa shape index (κ3) is 6.69. The zero-order valence-corrected chi connectivity index (χ0v) is 16.5. The standard InChI is InChI=1S/C21H22FN3O5/c1-13(2)18(25-19(27)15-10-6-7-11-16(15)22)20(28)30-12-17(26)24-21(29)23-14-8-4-3-5-9-14/h3-11,13,18H,12H2,1-2H3,(H,25,27)(H2,23,24,26,29)/t18-/m0/s1. The maximum absolute atomic E-state index is 13.8. The Bertz CT molecular complexity index is 918. The fourth-order valence-corrected chi connectivity index (χ4v) is 2.44. The van der Waals surface area contributed by atoms with Crippen LogP contribution in [0, 0.1) is 11.7 Å². The zero-order valence-electron chi connectivity index (χ0n) is 16.5. The maximum atomic E-state index is 13.8. The number of nitrogens with one attached hydrogen (secondary N) is 3. The van der Waals surface area contributed by atoms with Gasteiger partial charge in [0.1, 0.15) is 11.9 Å². The van der Waals surface area contributed by atoms with Gasteiger partial charge in [-0.1, -0.05) is 44.2 Å². The number of hydrogen-bond acceptors (Lipinski definition) is 5. The van der Waals surface area contributed by atoms with E-state index in [2.05, 4.69) is 10.6 Å². The first kappa shape index (κ1) is 22.5. The normalized spacial score (nSPS) is 11.3. The molecule has 9 heteroatoms. The number of carbonyl (C=O) groups excluding carboxylic acids is 4. The molecule has 0 aromatic heterocycles. The summed E-state index contributed by atoms with van der Waals surface area (Å²) < 4.78 is 18.7. The molecule has 0 fully saturated rings. The highest BCUT2D eigenvalue weighted by Crippen LogP contribution is 2.10. The van der Waals surface area contributed by atoms with Crippen molar-refractivity contribution < 1.29 is 28.3 Å². The summed E-state index contributed by atoms with van der Waals surface area (Å²) in [6, 6.07) is 11.9. The minimum atomic E-state index is -1.11. The number of carbonyl (C=O) groups is 4. The molecule has 0 unspecified atom stereocenters. The van der Waals surface area contributed by atoms with Gasteiger partial charge >= 0.3 is 12.0 Å². The predicted octanol–water partition coefficient (Wildman–Crippen LogP) is 2.47. The molecule has 30 heavy (non-hydrogen) atoms. The molecule has 0 bridgehead atoms. The van der Waals surface area contributed by atoms with Gasteiger partial charge in [0.15, 0.2) is 6.61 Å². The number of anilines is 1. The van der Waals surface area contributed by atoms with Crippen molar-refractivity contribution in [1.29, 1.82) is 0 Å². The van der Waals surface area contributed by atoms with E-state index in [0.29, 0.717) is 5.69 Å². The van der Waals surface area contributed by atoms with Crippen molar-refractivity contribution in [3.8, 4) is 0 Å². The zero-order chi connectivity index (χ0) is 22.1. The highest BCUT2D eigenvalue weighted by atomic mass is 19.1. The smallest absolute Gasteiger partial charge is 0.329 e. The topological polar surface area (TPSA) is 114 Å². The second kappa shape index (κ2) is 10.7. The van der Waals surface area contributed by atoms with Crippen LogP contribution >= 0.6 is 0 Å². The summed E-state index contributed by atoms with van der Waals surface area (Å²) in [4.78, 5) is 48.2. The Balaban J connectivity index is 1.87. The van der Waals surface area contributed by atoms with Crippen LogP contribution in [-0.2, 0) is 14.3 Å². The number of rotatable bonds is 7. The van der Waals surface area contributed by atoms with E-state index >= 15 is 0 Å². The third-order valence-electron chi connectivity index (χ3n) is 3.96. The number of hydrogen-bond donors (Lipinski definition) is 3. The average molecular weight is 415 g/mol. The molecule has 3 N–H and O–H groups in total. The maximum Gasteiger partial charge on any atom is 0.329 e. The Morgan fingerprint density at radius 1 is 0.967 bits per heavy atom. The Kier molecular flexibility index (Phi) is 8.04. The first-order chi connectivity index (χ1) is 14.3. The number of urea groups is 1. The quantitative estimate of drug-likeness (QED) is 0.601. The van der Waals surface area contributed by atoms with E-state index in [9.17, 15) is 23.6 Å². The summed E-state index contributed by atoms with van der Waals surface area (Å²) in [5.74, 6) is -3.63. The molecule has 4 amide bonds. The van der Waals surface area contributed by atoms with Crippen molar-refractivity contribution in [2.24, 2.45) is 5.92 Å². The molecular weight excluding hydrogens is 393 g/mol. The van der Waals surface area contributed by atoms with Gasteiger partial charge in [-0.3, -0.25) is 14.9 Å². The fraction of sp³-hybridized carbons (Fsp3) is 0.238. The third-order valence-corrected chi connectivity index (χ3v) is 3.96. The lowest BCUT2D eigenvalue weighted by molar-refractivity contribution is -0.151. The molecule has 158 valence electrons. The van der Waals surface area contributed by atoms with Crippen LogP contribution in [-0.4, -0.2) is 36.5 Å². The van der Waals surface area contributed by atoms with Gasteiger partial charge < -0.3 is 15.4 Å². The van der Waals surface area contributed by atoms with Gasteiger partial charge in [-0.2, -0.15) is 0 Å². The molecule has 2 aromatic carbocycles. The summed E-state index contributed by atoms with van der Waals surface area (Å²) in [6.07, 6.45) is 0. The molecule has 0 aliphatic heterocycles. The van der Waals surface area contributed by atoms with Crippen molar-refractivity contribution in [2.75, 3.05) is 11.9 Å². The summed E-state index contributed by atoms with van der Waals surface area (Å²) in [5, 5.41) is 6.88. The highest BCUT2D eigenvalue weighted by molar-refractivity contribution is 6.02. The second-order valence-electron chi connectivity index (χ2n) is 6.65. The predicted molar refractivity (Wildman–Crippen MR) is 107 cm³/mol.